The maximum Gasteiger partial charge on any atom is 0.412 e. The van der Waals surface area contributed by atoms with Crippen LogP contribution >= 0.6 is 0 Å². The van der Waals surface area contributed by atoms with Crippen LogP contribution in [0.25, 0.3) is 22.5 Å². The average Bonchev–Trinajstić information content (AvgIpc) is 3.20. The quantitative estimate of drug-likeness (QED) is 0.338. The van der Waals surface area contributed by atoms with E-state index in [4.69, 9.17) is 9.26 Å². The lowest BCUT2D eigenvalue weighted by Crippen LogP contribution is -2.16. The van der Waals surface area contributed by atoms with Crippen LogP contribution < -0.4 is 5.32 Å². The van der Waals surface area contributed by atoms with E-state index in [2.05, 4.69) is 10.5 Å². The van der Waals surface area contributed by atoms with Gasteiger partial charge in [0.2, 0.25) is 0 Å². The monoisotopic (exact) mass is 440 g/mol. The molecule has 0 saturated carbocycles. The highest BCUT2D eigenvalue weighted by Gasteiger charge is 2.20. The number of carbonyl (C=O) groups is 2. The van der Waals surface area contributed by atoms with Crippen LogP contribution in [0.2, 0.25) is 0 Å². The molecule has 1 amide bonds. The Bertz CT molecular complexity index is 1230. The number of ether oxygens (including phenoxy) is 1. The van der Waals surface area contributed by atoms with Gasteiger partial charge in [0.05, 0.1) is 0 Å². The standard InChI is InChI=1S/C27H24N2O4/c1-18-25(28-27(31)32-19(2)21-6-4-3-5-7-21)26(33-29-18)24-14-12-23(13-15-24)22-10-8-20(9-11-22)16-17-30/h3-15,17,19H,16H2,1-2H3,(H,28,31)/t19-/m1/s1. The zero-order valence-electron chi connectivity index (χ0n) is 18.4. The first-order valence-corrected chi connectivity index (χ1v) is 10.7. The summed E-state index contributed by atoms with van der Waals surface area (Å²) in [6.07, 6.45) is 0.331. The first-order chi connectivity index (χ1) is 16.0. The normalized spacial score (nSPS) is 11.6. The molecule has 0 spiro atoms. The molecule has 1 N–H and O–H groups in total. The first-order valence-electron chi connectivity index (χ1n) is 10.7. The van der Waals surface area contributed by atoms with Crippen molar-refractivity contribution in [1.29, 1.82) is 0 Å². The summed E-state index contributed by atoms with van der Waals surface area (Å²) < 4.78 is 11.0. The minimum atomic E-state index is -0.578. The fraction of sp³-hybridized carbons (Fsp3) is 0.148. The number of nitrogens with one attached hydrogen (secondary N) is 1. The number of aldehydes is 1. The number of anilines is 1. The predicted octanol–water partition coefficient (Wildman–Crippen LogP) is 6.37. The summed E-state index contributed by atoms with van der Waals surface area (Å²) in [7, 11) is 0. The number of aryl methyl sites for hydroxylation is 1. The second kappa shape index (κ2) is 9.96. The molecule has 6 nitrogen and oxygen atoms in total. The minimum Gasteiger partial charge on any atom is -0.441 e. The molecule has 1 atom stereocenters. The number of benzene rings is 3. The van der Waals surface area contributed by atoms with E-state index in [1.54, 1.807) is 6.92 Å². The Morgan fingerprint density at radius 1 is 0.970 bits per heavy atom. The number of rotatable bonds is 7. The second-order valence-corrected chi connectivity index (χ2v) is 7.70. The smallest absolute Gasteiger partial charge is 0.412 e. The van der Waals surface area contributed by atoms with Crippen molar-refractivity contribution in [3.63, 3.8) is 0 Å². The van der Waals surface area contributed by atoms with E-state index >= 15 is 0 Å². The van der Waals surface area contributed by atoms with Gasteiger partial charge >= 0.3 is 6.09 Å². The third kappa shape index (κ3) is 5.18. The van der Waals surface area contributed by atoms with Crippen molar-refractivity contribution < 1.29 is 18.8 Å². The SMILES string of the molecule is Cc1noc(-c2ccc(-c3ccc(CC=O)cc3)cc2)c1NC(=O)O[C@H](C)c1ccccc1. The minimum absolute atomic E-state index is 0.396. The Labute approximate surface area is 192 Å². The Morgan fingerprint density at radius 2 is 1.58 bits per heavy atom. The summed E-state index contributed by atoms with van der Waals surface area (Å²) >= 11 is 0. The van der Waals surface area contributed by atoms with Crippen LogP contribution in [0.3, 0.4) is 0 Å². The maximum absolute atomic E-state index is 12.5. The molecular weight excluding hydrogens is 416 g/mol. The lowest BCUT2D eigenvalue weighted by atomic mass is 10.0. The zero-order valence-corrected chi connectivity index (χ0v) is 18.4. The van der Waals surface area contributed by atoms with Crippen LogP contribution in [0.15, 0.2) is 83.4 Å². The van der Waals surface area contributed by atoms with Gasteiger partial charge in [0.15, 0.2) is 5.76 Å². The summed E-state index contributed by atoms with van der Waals surface area (Å²) in [5, 5.41) is 6.79. The molecule has 4 rings (SSSR count). The Kier molecular flexibility index (Phi) is 6.64. The molecular formula is C27H24N2O4. The van der Waals surface area contributed by atoms with Gasteiger partial charge in [-0.1, -0.05) is 84.0 Å². The van der Waals surface area contributed by atoms with Crippen molar-refractivity contribution in [3.05, 3.63) is 95.7 Å². The summed E-state index contributed by atoms with van der Waals surface area (Å²) in [4.78, 5) is 23.2. The molecule has 0 aliphatic carbocycles. The van der Waals surface area contributed by atoms with Crippen LogP contribution in [0.1, 0.15) is 29.8 Å². The molecule has 0 saturated heterocycles. The number of aromatic nitrogens is 1. The van der Waals surface area contributed by atoms with E-state index < -0.39 is 12.2 Å². The Hall–Kier alpha value is -4.19. The van der Waals surface area contributed by atoms with Crippen molar-refractivity contribution in [2.45, 2.75) is 26.4 Å². The molecule has 4 aromatic rings. The average molecular weight is 440 g/mol. The molecule has 33 heavy (non-hydrogen) atoms. The van der Waals surface area contributed by atoms with Crippen LogP contribution in [0.4, 0.5) is 10.5 Å². The maximum atomic E-state index is 12.5. The second-order valence-electron chi connectivity index (χ2n) is 7.70. The highest BCUT2D eigenvalue weighted by Crippen LogP contribution is 2.33. The van der Waals surface area contributed by atoms with Crippen molar-refractivity contribution in [2.24, 2.45) is 0 Å². The fourth-order valence-electron chi connectivity index (χ4n) is 3.54. The number of hydrogen-bond acceptors (Lipinski definition) is 5. The fourth-order valence-corrected chi connectivity index (χ4v) is 3.54. The van der Waals surface area contributed by atoms with Crippen molar-refractivity contribution in [2.75, 3.05) is 5.32 Å². The molecule has 166 valence electrons. The summed E-state index contributed by atoms with van der Waals surface area (Å²) in [6, 6.07) is 25.2. The van der Waals surface area contributed by atoms with Crippen LogP contribution in [0, 0.1) is 6.92 Å². The van der Waals surface area contributed by atoms with Crippen LogP contribution in [-0.2, 0) is 16.0 Å². The molecule has 1 heterocycles. The number of carbonyl (C=O) groups excluding carboxylic acids is 2. The van der Waals surface area contributed by atoms with Gasteiger partial charge in [0.25, 0.3) is 0 Å². The Balaban J connectivity index is 1.49. The Morgan fingerprint density at radius 3 is 2.21 bits per heavy atom. The first kappa shape index (κ1) is 22.0. The number of hydrogen-bond donors (Lipinski definition) is 1. The molecule has 6 heteroatoms. The molecule has 0 radical (unpaired) electrons. The summed E-state index contributed by atoms with van der Waals surface area (Å²) in [6.45, 7) is 3.58. The van der Waals surface area contributed by atoms with Gasteiger partial charge < -0.3 is 14.1 Å². The van der Waals surface area contributed by atoms with Crippen molar-refractivity contribution in [1.82, 2.24) is 5.16 Å². The van der Waals surface area contributed by atoms with E-state index in [0.717, 1.165) is 34.1 Å². The zero-order chi connectivity index (χ0) is 23.2. The third-order valence-corrected chi connectivity index (χ3v) is 5.40. The molecule has 0 fully saturated rings. The largest absolute Gasteiger partial charge is 0.441 e. The van der Waals surface area contributed by atoms with Gasteiger partial charge in [0.1, 0.15) is 23.8 Å². The van der Waals surface area contributed by atoms with Gasteiger partial charge in [-0.2, -0.15) is 0 Å². The highest BCUT2D eigenvalue weighted by atomic mass is 16.6. The lowest BCUT2D eigenvalue weighted by molar-refractivity contribution is -0.107. The van der Waals surface area contributed by atoms with E-state index in [1.165, 1.54) is 0 Å². The van der Waals surface area contributed by atoms with Gasteiger partial charge in [-0.15, -0.1) is 0 Å². The molecule has 0 unspecified atom stereocenters. The van der Waals surface area contributed by atoms with E-state index in [0.29, 0.717) is 23.6 Å². The molecule has 0 aliphatic heterocycles. The molecule has 0 aliphatic rings. The van der Waals surface area contributed by atoms with E-state index in [9.17, 15) is 9.59 Å². The van der Waals surface area contributed by atoms with Crippen LogP contribution in [-0.4, -0.2) is 17.5 Å². The van der Waals surface area contributed by atoms with Crippen molar-refractivity contribution in [3.8, 4) is 22.5 Å². The number of amides is 1. The summed E-state index contributed by atoms with van der Waals surface area (Å²) in [5.41, 5.74) is 5.77. The molecule has 3 aromatic carbocycles. The summed E-state index contributed by atoms with van der Waals surface area (Å²) in [5.74, 6) is 0.463. The van der Waals surface area contributed by atoms with Gasteiger partial charge in [-0.25, -0.2) is 4.79 Å². The van der Waals surface area contributed by atoms with Gasteiger partial charge in [-0.3, -0.25) is 5.32 Å². The molecule has 1 aromatic heterocycles. The van der Waals surface area contributed by atoms with Crippen molar-refractivity contribution >= 4 is 18.1 Å². The third-order valence-electron chi connectivity index (χ3n) is 5.40. The highest BCUT2D eigenvalue weighted by molar-refractivity contribution is 5.91. The molecule has 0 bridgehead atoms. The van der Waals surface area contributed by atoms with Gasteiger partial charge in [-0.05, 0) is 36.1 Å². The van der Waals surface area contributed by atoms with Crippen LogP contribution in [0.5, 0.6) is 0 Å². The van der Waals surface area contributed by atoms with E-state index in [1.807, 2.05) is 85.8 Å². The lowest BCUT2D eigenvalue weighted by Gasteiger charge is -2.14. The van der Waals surface area contributed by atoms with E-state index in [-0.39, 0.29) is 0 Å². The topological polar surface area (TPSA) is 81.4 Å². The predicted molar refractivity (Wildman–Crippen MR) is 127 cm³/mol. The number of nitrogens with zero attached hydrogens (tertiary/aromatic N) is 1. The van der Waals surface area contributed by atoms with Gasteiger partial charge in [0, 0.05) is 12.0 Å².